The van der Waals surface area contributed by atoms with Gasteiger partial charge >= 0.3 is 0 Å². The molecule has 1 saturated heterocycles. The molecule has 146 valence electrons. The number of para-hydroxylation sites is 2. The van der Waals surface area contributed by atoms with Crippen molar-refractivity contribution in [1.82, 2.24) is 14.9 Å². The minimum absolute atomic E-state index is 0.232. The molecule has 0 unspecified atom stereocenters. The minimum Gasteiger partial charge on any atom is -0.494 e. The third-order valence-electron chi connectivity index (χ3n) is 5.44. The predicted molar refractivity (Wildman–Crippen MR) is 111 cm³/mol. The van der Waals surface area contributed by atoms with E-state index in [2.05, 4.69) is 11.1 Å². The van der Waals surface area contributed by atoms with Crippen LogP contribution in [-0.2, 0) is 4.79 Å². The molecule has 0 aliphatic carbocycles. The van der Waals surface area contributed by atoms with Crippen molar-refractivity contribution in [2.24, 2.45) is 0 Å². The van der Waals surface area contributed by atoms with Crippen LogP contribution in [0, 0.1) is 6.92 Å². The number of aromatic amines is 1. The van der Waals surface area contributed by atoms with Gasteiger partial charge in [-0.25, -0.2) is 4.98 Å². The minimum atomic E-state index is 0.232. The number of H-pyrrole nitrogens is 1. The molecule has 1 aliphatic heterocycles. The van der Waals surface area contributed by atoms with E-state index in [0.717, 1.165) is 55.0 Å². The first-order valence-corrected chi connectivity index (χ1v) is 10.1. The Hall–Kier alpha value is -2.82. The van der Waals surface area contributed by atoms with E-state index in [4.69, 9.17) is 9.72 Å². The first kappa shape index (κ1) is 18.5. The van der Waals surface area contributed by atoms with Gasteiger partial charge in [0.25, 0.3) is 0 Å². The zero-order chi connectivity index (χ0) is 19.3. The number of nitrogens with zero attached hydrogens (tertiary/aromatic N) is 2. The molecule has 3 aromatic rings. The van der Waals surface area contributed by atoms with Gasteiger partial charge < -0.3 is 14.6 Å². The van der Waals surface area contributed by atoms with Gasteiger partial charge in [0, 0.05) is 25.4 Å². The van der Waals surface area contributed by atoms with Crippen molar-refractivity contribution in [3.8, 4) is 5.75 Å². The molecular formula is C23H27N3O2. The Morgan fingerprint density at radius 1 is 1.18 bits per heavy atom. The fourth-order valence-electron chi connectivity index (χ4n) is 3.84. The van der Waals surface area contributed by atoms with E-state index in [9.17, 15) is 4.79 Å². The second kappa shape index (κ2) is 8.46. The number of hydrogen-bond acceptors (Lipinski definition) is 3. The monoisotopic (exact) mass is 377 g/mol. The van der Waals surface area contributed by atoms with Crippen molar-refractivity contribution in [3.05, 3.63) is 59.9 Å². The highest BCUT2D eigenvalue weighted by molar-refractivity contribution is 5.76. The number of carbonyl (C=O) groups excluding carboxylic acids is 1. The molecule has 28 heavy (non-hydrogen) atoms. The van der Waals surface area contributed by atoms with Gasteiger partial charge in [-0.15, -0.1) is 0 Å². The molecule has 4 rings (SSSR count). The van der Waals surface area contributed by atoms with Crippen molar-refractivity contribution >= 4 is 16.9 Å². The Morgan fingerprint density at radius 3 is 2.79 bits per heavy atom. The maximum Gasteiger partial charge on any atom is 0.222 e. The maximum atomic E-state index is 12.5. The van der Waals surface area contributed by atoms with Gasteiger partial charge in [-0.2, -0.15) is 0 Å². The predicted octanol–water partition coefficient (Wildman–Crippen LogP) is 4.44. The summed E-state index contributed by atoms with van der Waals surface area (Å²) in [6, 6.07) is 16.1. The lowest BCUT2D eigenvalue weighted by atomic mass is 9.96. The summed E-state index contributed by atoms with van der Waals surface area (Å²) in [6.45, 7) is 4.23. The smallest absolute Gasteiger partial charge is 0.222 e. The van der Waals surface area contributed by atoms with E-state index in [1.54, 1.807) is 0 Å². The molecule has 1 fully saturated rings. The van der Waals surface area contributed by atoms with Crippen molar-refractivity contribution in [2.75, 3.05) is 19.7 Å². The van der Waals surface area contributed by atoms with E-state index < -0.39 is 0 Å². The average molecular weight is 377 g/mol. The van der Waals surface area contributed by atoms with Crippen LogP contribution in [0.5, 0.6) is 5.75 Å². The summed E-state index contributed by atoms with van der Waals surface area (Å²) in [6.07, 6.45) is 3.22. The second-order valence-electron chi connectivity index (χ2n) is 7.56. The highest BCUT2D eigenvalue weighted by atomic mass is 16.5. The molecule has 2 aromatic carbocycles. The van der Waals surface area contributed by atoms with Crippen molar-refractivity contribution in [2.45, 2.75) is 38.5 Å². The lowest BCUT2D eigenvalue weighted by Gasteiger charge is -2.31. The molecule has 0 spiro atoms. The van der Waals surface area contributed by atoms with Crippen LogP contribution in [0.1, 0.15) is 43.0 Å². The number of piperidine rings is 1. The first-order chi connectivity index (χ1) is 13.7. The van der Waals surface area contributed by atoms with Crippen LogP contribution in [0.4, 0.5) is 0 Å². The largest absolute Gasteiger partial charge is 0.494 e. The SMILES string of the molecule is Cc1cccc(OCCCC(=O)N2CCC(c3nc4ccccc4[nH]3)CC2)c1. The zero-order valence-electron chi connectivity index (χ0n) is 16.4. The quantitative estimate of drug-likeness (QED) is 0.646. The number of carbonyl (C=O) groups is 1. The molecule has 0 bridgehead atoms. The van der Waals surface area contributed by atoms with Crippen LogP contribution in [0.25, 0.3) is 11.0 Å². The van der Waals surface area contributed by atoms with Crippen LogP contribution in [-0.4, -0.2) is 40.5 Å². The molecule has 1 aromatic heterocycles. The summed E-state index contributed by atoms with van der Waals surface area (Å²) >= 11 is 0. The molecular weight excluding hydrogens is 350 g/mol. The lowest BCUT2D eigenvalue weighted by Crippen LogP contribution is -2.38. The molecule has 5 nitrogen and oxygen atoms in total. The summed E-state index contributed by atoms with van der Waals surface area (Å²) in [7, 11) is 0. The number of aryl methyl sites for hydroxylation is 1. The van der Waals surface area contributed by atoms with E-state index in [-0.39, 0.29) is 5.91 Å². The standard InChI is InChI=1S/C23H27N3O2/c1-17-6-4-7-19(16-17)28-15-5-10-22(27)26-13-11-18(12-14-26)23-24-20-8-2-3-9-21(20)25-23/h2-4,6-9,16,18H,5,10-15H2,1H3,(H,24,25). The summed E-state index contributed by atoms with van der Waals surface area (Å²) in [5.74, 6) is 2.57. The Morgan fingerprint density at radius 2 is 2.00 bits per heavy atom. The van der Waals surface area contributed by atoms with E-state index in [0.29, 0.717) is 18.9 Å². The van der Waals surface area contributed by atoms with Crippen LogP contribution in [0.15, 0.2) is 48.5 Å². The van der Waals surface area contributed by atoms with Crippen LogP contribution < -0.4 is 4.74 Å². The van der Waals surface area contributed by atoms with Gasteiger partial charge in [-0.3, -0.25) is 4.79 Å². The molecule has 2 heterocycles. The van der Waals surface area contributed by atoms with Gasteiger partial charge in [-0.1, -0.05) is 24.3 Å². The van der Waals surface area contributed by atoms with Gasteiger partial charge in [0.05, 0.1) is 17.6 Å². The highest BCUT2D eigenvalue weighted by Gasteiger charge is 2.25. The number of fused-ring (bicyclic) bond motifs is 1. The number of rotatable bonds is 6. The summed E-state index contributed by atoms with van der Waals surface area (Å²) in [4.78, 5) is 22.7. The summed E-state index contributed by atoms with van der Waals surface area (Å²) in [5, 5.41) is 0. The van der Waals surface area contributed by atoms with E-state index in [1.165, 1.54) is 5.56 Å². The zero-order valence-corrected chi connectivity index (χ0v) is 16.4. The number of benzene rings is 2. The summed E-state index contributed by atoms with van der Waals surface area (Å²) in [5.41, 5.74) is 3.29. The number of aromatic nitrogens is 2. The summed E-state index contributed by atoms with van der Waals surface area (Å²) < 4.78 is 5.75. The molecule has 0 saturated carbocycles. The second-order valence-corrected chi connectivity index (χ2v) is 7.56. The number of ether oxygens (including phenoxy) is 1. The van der Waals surface area contributed by atoms with Crippen LogP contribution >= 0.6 is 0 Å². The topological polar surface area (TPSA) is 58.2 Å². The van der Waals surface area contributed by atoms with Gasteiger partial charge in [0.2, 0.25) is 5.91 Å². The molecule has 5 heteroatoms. The lowest BCUT2D eigenvalue weighted by molar-refractivity contribution is -0.132. The molecule has 1 N–H and O–H groups in total. The van der Waals surface area contributed by atoms with E-state index in [1.807, 2.05) is 54.3 Å². The fourth-order valence-corrected chi connectivity index (χ4v) is 3.84. The molecule has 1 amide bonds. The Kier molecular flexibility index (Phi) is 5.60. The van der Waals surface area contributed by atoms with E-state index >= 15 is 0 Å². The number of likely N-dealkylation sites (tertiary alicyclic amines) is 1. The molecule has 0 radical (unpaired) electrons. The normalized spacial score (nSPS) is 15.1. The first-order valence-electron chi connectivity index (χ1n) is 10.1. The van der Waals surface area contributed by atoms with Crippen molar-refractivity contribution < 1.29 is 9.53 Å². The van der Waals surface area contributed by atoms with Crippen molar-refractivity contribution in [1.29, 1.82) is 0 Å². The Bertz CT molecular complexity index is 909. The van der Waals surface area contributed by atoms with Gasteiger partial charge in [-0.05, 0) is 56.0 Å². The Labute approximate surface area is 165 Å². The maximum absolute atomic E-state index is 12.5. The number of amides is 1. The van der Waals surface area contributed by atoms with Gasteiger partial charge in [0.15, 0.2) is 0 Å². The third-order valence-corrected chi connectivity index (χ3v) is 5.44. The molecule has 1 aliphatic rings. The Balaban J connectivity index is 1.21. The third kappa shape index (κ3) is 4.35. The highest BCUT2D eigenvalue weighted by Crippen LogP contribution is 2.28. The van der Waals surface area contributed by atoms with Crippen LogP contribution in [0.2, 0.25) is 0 Å². The average Bonchev–Trinajstić information content (AvgIpc) is 3.15. The number of hydrogen-bond donors (Lipinski definition) is 1. The number of nitrogens with one attached hydrogen (secondary N) is 1. The van der Waals surface area contributed by atoms with Crippen molar-refractivity contribution in [3.63, 3.8) is 0 Å². The van der Waals surface area contributed by atoms with Crippen LogP contribution in [0.3, 0.4) is 0 Å². The number of imidazole rings is 1. The fraction of sp³-hybridized carbons (Fsp3) is 0.391. The molecule has 0 atom stereocenters. The van der Waals surface area contributed by atoms with Gasteiger partial charge in [0.1, 0.15) is 11.6 Å².